The highest BCUT2D eigenvalue weighted by Gasteiger charge is 2.31. The number of Topliss-reactive ketones (excluding diaryl/α,β-unsaturated/α-hetero) is 1. The van der Waals surface area contributed by atoms with E-state index in [4.69, 9.17) is 0 Å². The molecule has 0 amide bonds. The van der Waals surface area contributed by atoms with Crippen molar-refractivity contribution in [3.8, 4) is 5.75 Å². The van der Waals surface area contributed by atoms with E-state index in [1.54, 1.807) is 24.7 Å². The summed E-state index contributed by atoms with van der Waals surface area (Å²) in [6.07, 6.45) is 1.31. The molecule has 0 spiro atoms. The van der Waals surface area contributed by atoms with Crippen LogP contribution in [0.25, 0.3) is 10.9 Å². The number of ketones is 2. The van der Waals surface area contributed by atoms with E-state index in [1.165, 1.54) is 18.2 Å². The summed E-state index contributed by atoms with van der Waals surface area (Å²) in [5.74, 6) is -0.368. The molecule has 0 unspecified atom stereocenters. The first kappa shape index (κ1) is 11.5. The molecule has 5 heteroatoms. The molecule has 96 valence electrons. The molecule has 1 heterocycles. The number of hydrogen-bond donors (Lipinski definition) is 2. The second-order valence-corrected chi connectivity index (χ2v) is 4.49. The molecule has 0 saturated carbocycles. The van der Waals surface area contributed by atoms with Gasteiger partial charge in [-0.1, -0.05) is 0 Å². The van der Waals surface area contributed by atoms with Crippen LogP contribution in [0.4, 0.5) is 0 Å². The van der Waals surface area contributed by atoms with Crippen LogP contribution in [0.15, 0.2) is 30.0 Å². The van der Waals surface area contributed by atoms with Gasteiger partial charge in [0.2, 0.25) is 11.6 Å². The summed E-state index contributed by atoms with van der Waals surface area (Å²) >= 11 is 0. The Morgan fingerprint density at radius 3 is 2.68 bits per heavy atom. The van der Waals surface area contributed by atoms with Crippen LogP contribution in [0.3, 0.4) is 0 Å². The van der Waals surface area contributed by atoms with Gasteiger partial charge in [-0.2, -0.15) is 0 Å². The summed E-state index contributed by atoms with van der Waals surface area (Å²) in [5.41, 5.74) is 1.73. The normalized spacial score (nSPS) is 14.5. The van der Waals surface area contributed by atoms with Gasteiger partial charge in [0.25, 0.3) is 0 Å². The van der Waals surface area contributed by atoms with Crippen LogP contribution in [0.1, 0.15) is 20.8 Å². The van der Waals surface area contributed by atoms with Gasteiger partial charge >= 0.3 is 0 Å². The molecular weight excluding hydrogens is 244 g/mol. The minimum absolute atomic E-state index is 0.0710. The first-order valence-electron chi connectivity index (χ1n) is 5.84. The average Bonchev–Trinajstić information content (AvgIpc) is 2.67. The summed E-state index contributed by atoms with van der Waals surface area (Å²) in [7, 11) is 3.34. The van der Waals surface area contributed by atoms with E-state index in [0.29, 0.717) is 16.6 Å². The van der Waals surface area contributed by atoms with E-state index in [1.807, 2.05) is 0 Å². The topological polar surface area (TPSA) is 71.3 Å². The molecule has 1 aromatic carbocycles. The number of carbonyl (C=O) groups excluding carboxylic acids is 2. The molecule has 0 radical (unpaired) electrons. The van der Waals surface area contributed by atoms with Crippen LogP contribution in [0.2, 0.25) is 0 Å². The van der Waals surface area contributed by atoms with Gasteiger partial charge in [0.1, 0.15) is 11.4 Å². The summed E-state index contributed by atoms with van der Waals surface area (Å²) in [5, 5.41) is 12.9. The first-order valence-corrected chi connectivity index (χ1v) is 5.84. The lowest BCUT2D eigenvalue weighted by molar-refractivity contribution is 0.0976. The van der Waals surface area contributed by atoms with Crippen molar-refractivity contribution in [1.29, 1.82) is 0 Å². The quantitative estimate of drug-likeness (QED) is 0.808. The molecule has 0 bridgehead atoms. The van der Waals surface area contributed by atoms with Crippen LogP contribution < -0.4 is 5.32 Å². The maximum absolute atomic E-state index is 12.4. The highest BCUT2D eigenvalue weighted by Crippen LogP contribution is 2.32. The largest absolute Gasteiger partial charge is 0.508 e. The molecule has 3 rings (SSSR count). The lowest BCUT2D eigenvalue weighted by Gasteiger charge is -2.12. The van der Waals surface area contributed by atoms with Gasteiger partial charge in [0.05, 0.1) is 11.3 Å². The lowest BCUT2D eigenvalue weighted by atomic mass is 9.96. The number of benzene rings is 1. The van der Waals surface area contributed by atoms with Gasteiger partial charge in [0, 0.05) is 31.1 Å². The van der Waals surface area contributed by atoms with Crippen molar-refractivity contribution in [2.75, 3.05) is 7.05 Å². The van der Waals surface area contributed by atoms with Crippen molar-refractivity contribution < 1.29 is 14.7 Å². The fourth-order valence-electron chi connectivity index (χ4n) is 2.54. The zero-order valence-corrected chi connectivity index (χ0v) is 10.5. The molecule has 0 aliphatic heterocycles. The number of allylic oxidation sites excluding steroid dienone is 2. The predicted molar refractivity (Wildman–Crippen MR) is 70.4 cm³/mol. The molecule has 0 fully saturated rings. The molecule has 2 aromatic rings. The number of aryl methyl sites for hydroxylation is 1. The van der Waals surface area contributed by atoms with E-state index in [0.717, 1.165) is 5.52 Å². The standard InChI is InChI=1S/C14H12N2O3/c1-15-9-6-11(18)13-12(14(9)19)8-5-7(17)3-4-10(8)16(13)2/h3-6,15,17H,1-2H3. The predicted octanol–water partition coefficient (Wildman–Crippen LogP) is 1.37. The summed E-state index contributed by atoms with van der Waals surface area (Å²) in [4.78, 5) is 24.5. The Hall–Kier alpha value is -2.56. The molecular formula is C14H12N2O3. The van der Waals surface area contributed by atoms with E-state index in [2.05, 4.69) is 5.32 Å². The summed E-state index contributed by atoms with van der Waals surface area (Å²) in [6.45, 7) is 0. The second kappa shape index (κ2) is 3.71. The number of aromatic nitrogens is 1. The third kappa shape index (κ3) is 1.41. The van der Waals surface area contributed by atoms with Crippen molar-refractivity contribution in [1.82, 2.24) is 9.88 Å². The number of nitrogens with one attached hydrogen (secondary N) is 1. The van der Waals surface area contributed by atoms with E-state index < -0.39 is 0 Å². The number of nitrogens with zero attached hydrogens (tertiary/aromatic N) is 1. The number of likely N-dealkylation sites (N-methyl/N-ethyl adjacent to an activating group) is 1. The zero-order valence-electron chi connectivity index (χ0n) is 10.5. The van der Waals surface area contributed by atoms with Gasteiger partial charge in [-0.3, -0.25) is 9.59 Å². The molecule has 1 aliphatic carbocycles. The average molecular weight is 256 g/mol. The Bertz CT molecular complexity index is 769. The Morgan fingerprint density at radius 1 is 1.26 bits per heavy atom. The van der Waals surface area contributed by atoms with Gasteiger partial charge in [-0.25, -0.2) is 0 Å². The van der Waals surface area contributed by atoms with Crippen molar-refractivity contribution >= 4 is 22.5 Å². The Balaban J connectivity index is 2.43. The molecule has 2 N–H and O–H groups in total. The van der Waals surface area contributed by atoms with Crippen LogP contribution in [-0.2, 0) is 7.05 Å². The molecule has 0 saturated heterocycles. The van der Waals surface area contributed by atoms with Gasteiger partial charge < -0.3 is 15.0 Å². The molecule has 19 heavy (non-hydrogen) atoms. The zero-order chi connectivity index (χ0) is 13.7. The van der Waals surface area contributed by atoms with Crippen LogP contribution in [0, 0.1) is 0 Å². The van der Waals surface area contributed by atoms with E-state index in [-0.39, 0.29) is 23.0 Å². The highest BCUT2D eigenvalue weighted by atomic mass is 16.3. The smallest absolute Gasteiger partial charge is 0.211 e. The lowest BCUT2D eigenvalue weighted by Crippen LogP contribution is -2.24. The Morgan fingerprint density at radius 2 is 2.00 bits per heavy atom. The molecule has 1 aliphatic rings. The fraction of sp³-hybridized carbons (Fsp3) is 0.143. The first-order chi connectivity index (χ1) is 9.04. The molecule has 0 atom stereocenters. The maximum Gasteiger partial charge on any atom is 0.211 e. The maximum atomic E-state index is 12.4. The molecule has 1 aromatic heterocycles. The number of hydrogen-bond acceptors (Lipinski definition) is 4. The number of carbonyl (C=O) groups is 2. The number of phenolic OH excluding ortho intramolecular Hbond substituents is 1. The third-order valence-electron chi connectivity index (χ3n) is 3.43. The number of fused-ring (bicyclic) bond motifs is 3. The molecule has 5 nitrogen and oxygen atoms in total. The van der Waals surface area contributed by atoms with Crippen molar-refractivity contribution in [3.05, 3.63) is 41.2 Å². The van der Waals surface area contributed by atoms with Gasteiger partial charge in [0.15, 0.2) is 0 Å². The van der Waals surface area contributed by atoms with E-state index >= 15 is 0 Å². The van der Waals surface area contributed by atoms with Gasteiger partial charge in [-0.05, 0) is 18.2 Å². The summed E-state index contributed by atoms with van der Waals surface area (Å²) < 4.78 is 1.69. The Kier molecular flexibility index (Phi) is 2.25. The van der Waals surface area contributed by atoms with Crippen molar-refractivity contribution in [2.24, 2.45) is 7.05 Å². The minimum Gasteiger partial charge on any atom is -0.508 e. The number of aromatic hydroxyl groups is 1. The second-order valence-electron chi connectivity index (χ2n) is 4.49. The third-order valence-corrected chi connectivity index (χ3v) is 3.43. The van der Waals surface area contributed by atoms with Crippen LogP contribution in [-0.4, -0.2) is 28.3 Å². The fourth-order valence-corrected chi connectivity index (χ4v) is 2.54. The van der Waals surface area contributed by atoms with Crippen LogP contribution in [0.5, 0.6) is 5.75 Å². The summed E-state index contributed by atoms with van der Waals surface area (Å²) in [6, 6.07) is 4.75. The SMILES string of the molecule is CNC1=CC(=O)c2c(c3cc(O)ccc3n2C)C1=O. The monoisotopic (exact) mass is 256 g/mol. The van der Waals surface area contributed by atoms with Crippen molar-refractivity contribution in [3.63, 3.8) is 0 Å². The minimum atomic E-state index is -0.228. The van der Waals surface area contributed by atoms with Crippen molar-refractivity contribution in [2.45, 2.75) is 0 Å². The highest BCUT2D eigenvalue weighted by molar-refractivity contribution is 6.29. The number of phenols is 1. The van der Waals surface area contributed by atoms with Crippen LogP contribution >= 0.6 is 0 Å². The number of rotatable bonds is 1. The van der Waals surface area contributed by atoms with E-state index in [9.17, 15) is 14.7 Å². The van der Waals surface area contributed by atoms with Gasteiger partial charge in [-0.15, -0.1) is 0 Å². The Labute approximate surface area is 109 Å².